The summed E-state index contributed by atoms with van der Waals surface area (Å²) < 4.78 is 6.44. The molecule has 5 heteroatoms. The van der Waals surface area contributed by atoms with E-state index in [2.05, 4.69) is 27.8 Å². The number of carbonyl (C=O) groups excluding carboxylic acids is 1. The van der Waals surface area contributed by atoms with Crippen molar-refractivity contribution >= 4 is 27.5 Å². The zero-order chi connectivity index (χ0) is 17.4. The number of rotatable bonds is 8. The molecule has 0 fully saturated rings. The van der Waals surface area contributed by atoms with Crippen LogP contribution in [-0.4, -0.2) is 31.0 Å². The molecule has 0 aliphatic carbocycles. The molecule has 0 bridgehead atoms. The molecule has 0 radical (unpaired) electrons. The van der Waals surface area contributed by atoms with Gasteiger partial charge in [0.2, 0.25) is 5.91 Å². The van der Waals surface area contributed by atoms with E-state index < -0.39 is 0 Å². The van der Waals surface area contributed by atoms with Gasteiger partial charge in [-0.3, -0.25) is 9.69 Å². The highest BCUT2D eigenvalue weighted by atomic mass is 79.9. The minimum absolute atomic E-state index is 0.0363. The van der Waals surface area contributed by atoms with Gasteiger partial charge in [0.15, 0.2) is 0 Å². The molecule has 0 atom stereocenters. The summed E-state index contributed by atoms with van der Waals surface area (Å²) in [5, 5.41) is 2.89. The van der Waals surface area contributed by atoms with Crippen molar-refractivity contribution < 1.29 is 9.53 Å². The van der Waals surface area contributed by atoms with E-state index in [9.17, 15) is 4.79 Å². The lowest BCUT2D eigenvalue weighted by Crippen LogP contribution is -2.29. The van der Waals surface area contributed by atoms with Crippen LogP contribution < -0.4 is 10.1 Å². The van der Waals surface area contributed by atoms with Crippen molar-refractivity contribution in [1.29, 1.82) is 0 Å². The highest BCUT2D eigenvalue weighted by Gasteiger charge is 2.08. The number of ether oxygens (including phenoxy) is 1. The average Bonchev–Trinajstić information content (AvgIpc) is 2.56. The second-order valence-electron chi connectivity index (χ2n) is 5.47. The molecule has 0 aromatic heterocycles. The largest absolute Gasteiger partial charge is 0.490 e. The lowest BCUT2D eigenvalue weighted by Gasteiger charge is -2.16. The van der Waals surface area contributed by atoms with Gasteiger partial charge in [0.1, 0.15) is 12.4 Å². The third-order valence-corrected chi connectivity index (χ3v) is 3.81. The fraction of sp³-hybridized carbons (Fsp3) is 0.211. The Labute approximate surface area is 151 Å². The van der Waals surface area contributed by atoms with Crippen LogP contribution in [0, 0.1) is 0 Å². The van der Waals surface area contributed by atoms with E-state index in [1.807, 2.05) is 60.5 Å². The van der Waals surface area contributed by atoms with Crippen molar-refractivity contribution in [3.05, 3.63) is 71.2 Å². The van der Waals surface area contributed by atoms with Crippen LogP contribution in [0.5, 0.6) is 5.75 Å². The molecule has 0 spiro atoms. The molecule has 0 aliphatic rings. The van der Waals surface area contributed by atoms with Gasteiger partial charge < -0.3 is 10.1 Å². The molecule has 1 amide bonds. The van der Waals surface area contributed by atoms with Crippen molar-refractivity contribution in [2.24, 2.45) is 0 Å². The number of carbonyl (C=O) groups is 1. The van der Waals surface area contributed by atoms with Crippen molar-refractivity contribution in [1.82, 2.24) is 4.90 Å². The van der Waals surface area contributed by atoms with Crippen LogP contribution in [-0.2, 0) is 11.3 Å². The summed E-state index contributed by atoms with van der Waals surface area (Å²) in [6.45, 7) is 5.13. The third-order valence-electron chi connectivity index (χ3n) is 3.29. The number of anilines is 1. The van der Waals surface area contributed by atoms with Gasteiger partial charge in [-0.15, -0.1) is 0 Å². The molecule has 126 valence electrons. The standard InChI is InChI=1S/C19H21BrN2O2/c1-3-12-24-18-10-4-15(5-11-18)13-22(2)14-19(23)21-17-8-6-16(20)7-9-17/h3-11H,1,12-14H2,2H3,(H,21,23). The van der Waals surface area contributed by atoms with Crippen molar-refractivity contribution in [3.63, 3.8) is 0 Å². The van der Waals surface area contributed by atoms with Crippen molar-refractivity contribution in [2.45, 2.75) is 6.54 Å². The zero-order valence-corrected chi connectivity index (χ0v) is 15.3. The van der Waals surface area contributed by atoms with Gasteiger partial charge in [-0.2, -0.15) is 0 Å². The number of nitrogens with zero attached hydrogens (tertiary/aromatic N) is 1. The highest BCUT2D eigenvalue weighted by molar-refractivity contribution is 9.10. The van der Waals surface area contributed by atoms with Crippen molar-refractivity contribution in [3.8, 4) is 5.75 Å². The van der Waals surface area contributed by atoms with E-state index >= 15 is 0 Å². The zero-order valence-electron chi connectivity index (χ0n) is 13.7. The number of amides is 1. The van der Waals surface area contributed by atoms with Gasteiger partial charge in [0.25, 0.3) is 0 Å². The summed E-state index contributed by atoms with van der Waals surface area (Å²) in [6.07, 6.45) is 1.71. The third kappa shape index (κ3) is 6.18. The molecule has 0 unspecified atom stereocenters. The Bertz CT molecular complexity index is 669. The SMILES string of the molecule is C=CCOc1ccc(CN(C)CC(=O)Nc2ccc(Br)cc2)cc1. The van der Waals surface area contributed by atoms with Gasteiger partial charge in [-0.05, 0) is 49.0 Å². The van der Waals surface area contributed by atoms with Crippen LogP contribution in [0.15, 0.2) is 65.7 Å². The lowest BCUT2D eigenvalue weighted by molar-refractivity contribution is -0.117. The molecular weight excluding hydrogens is 368 g/mol. The smallest absolute Gasteiger partial charge is 0.238 e. The molecule has 2 rings (SSSR count). The molecular formula is C19H21BrN2O2. The summed E-state index contributed by atoms with van der Waals surface area (Å²) in [5.41, 5.74) is 1.92. The molecule has 24 heavy (non-hydrogen) atoms. The molecule has 4 nitrogen and oxygen atoms in total. The van der Waals surface area contributed by atoms with Crippen LogP contribution in [0.1, 0.15) is 5.56 Å². The fourth-order valence-electron chi connectivity index (χ4n) is 2.19. The molecule has 0 aliphatic heterocycles. The summed E-state index contributed by atoms with van der Waals surface area (Å²) in [4.78, 5) is 14.0. The van der Waals surface area contributed by atoms with Gasteiger partial charge in [0, 0.05) is 16.7 Å². The summed E-state index contributed by atoms with van der Waals surface area (Å²) in [5.74, 6) is 0.778. The van der Waals surface area contributed by atoms with E-state index in [0.29, 0.717) is 19.7 Å². The number of benzene rings is 2. The Hall–Kier alpha value is -2.11. The maximum atomic E-state index is 12.1. The van der Waals surface area contributed by atoms with Gasteiger partial charge >= 0.3 is 0 Å². The van der Waals surface area contributed by atoms with Gasteiger partial charge in [0.05, 0.1) is 6.54 Å². The first kappa shape index (κ1) is 18.2. The Kier molecular flexibility index (Phi) is 7.03. The normalized spacial score (nSPS) is 10.5. The Morgan fingerprint density at radius 2 is 1.88 bits per heavy atom. The first-order valence-corrected chi connectivity index (χ1v) is 8.42. The van der Waals surface area contributed by atoms with E-state index in [0.717, 1.165) is 21.5 Å². The van der Waals surface area contributed by atoms with Gasteiger partial charge in [-0.1, -0.05) is 40.7 Å². The molecule has 2 aromatic rings. The summed E-state index contributed by atoms with van der Waals surface area (Å²) in [6, 6.07) is 15.4. The predicted octanol–water partition coefficient (Wildman–Crippen LogP) is 4.08. The van der Waals surface area contributed by atoms with E-state index in [-0.39, 0.29) is 5.91 Å². The van der Waals surface area contributed by atoms with Crippen LogP contribution in [0.4, 0.5) is 5.69 Å². The quantitative estimate of drug-likeness (QED) is 0.692. The highest BCUT2D eigenvalue weighted by Crippen LogP contribution is 2.15. The second kappa shape index (κ2) is 9.25. The number of hydrogen-bond acceptors (Lipinski definition) is 3. The molecule has 2 aromatic carbocycles. The number of likely N-dealkylation sites (N-methyl/N-ethyl adjacent to an activating group) is 1. The van der Waals surface area contributed by atoms with Crippen LogP contribution in [0.3, 0.4) is 0 Å². The molecule has 1 N–H and O–H groups in total. The first-order valence-electron chi connectivity index (χ1n) is 7.63. The summed E-state index contributed by atoms with van der Waals surface area (Å²) >= 11 is 3.37. The second-order valence-corrected chi connectivity index (χ2v) is 6.39. The maximum Gasteiger partial charge on any atom is 0.238 e. The minimum Gasteiger partial charge on any atom is -0.490 e. The van der Waals surface area contributed by atoms with E-state index in [1.165, 1.54) is 0 Å². The van der Waals surface area contributed by atoms with Gasteiger partial charge in [-0.25, -0.2) is 0 Å². The minimum atomic E-state index is -0.0363. The maximum absolute atomic E-state index is 12.1. The topological polar surface area (TPSA) is 41.6 Å². The number of nitrogens with one attached hydrogen (secondary N) is 1. The Morgan fingerprint density at radius 3 is 2.50 bits per heavy atom. The monoisotopic (exact) mass is 388 g/mol. The van der Waals surface area contributed by atoms with E-state index in [4.69, 9.17) is 4.74 Å². The Morgan fingerprint density at radius 1 is 1.21 bits per heavy atom. The first-order chi connectivity index (χ1) is 11.6. The lowest BCUT2D eigenvalue weighted by atomic mass is 10.2. The average molecular weight is 389 g/mol. The Balaban J connectivity index is 1.81. The van der Waals surface area contributed by atoms with Crippen LogP contribution >= 0.6 is 15.9 Å². The van der Waals surface area contributed by atoms with Crippen LogP contribution in [0.25, 0.3) is 0 Å². The molecule has 0 saturated heterocycles. The summed E-state index contributed by atoms with van der Waals surface area (Å²) in [7, 11) is 1.92. The van der Waals surface area contributed by atoms with Crippen molar-refractivity contribution in [2.75, 3.05) is 25.5 Å². The molecule has 0 saturated carbocycles. The predicted molar refractivity (Wildman–Crippen MR) is 101 cm³/mol. The molecule has 0 heterocycles. The fourth-order valence-corrected chi connectivity index (χ4v) is 2.46. The van der Waals surface area contributed by atoms with Crippen LogP contribution in [0.2, 0.25) is 0 Å². The number of halogens is 1. The number of hydrogen-bond donors (Lipinski definition) is 1. The van der Waals surface area contributed by atoms with E-state index in [1.54, 1.807) is 6.08 Å².